The molecule has 0 aliphatic heterocycles. The largest absolute Gasteiger partial charge is 0.476 e. The second-order valence-corrected chi connectivity index (χ2v) is 3.07. The number of anilines is 1. The number of aromatic carboxylic acids is 1. The summed E-state index contributed by atoms with van der Waals surface area (Å²) in [6.07, 6.45) is 3.51. The predicted octanol–water partition coefficient (Wildman–Crippen LogP) is 1.01. The summed E-state index contributed by atoms with van der Waals surface area (Å²) in [6, 6.07) is 0. The van der Waals surface area contributed by atoms with E-state index in [2.05, 4.69) is 15.3 Å². The molecule has 0 aliphatic rings. The first-order valence-corrected chi connectivity index (χ1v) is 5.11. The summed E-state index contributed by atoms with van der Waals surface area (Å²) < 4.78 is 5.17. The van der Waals surface area contributed by atoms with E-state index < -0.39 is 5.97 Å². The second kappa shape index (κ2) is 6.73. The number of carboxylic acids is 1. The van der Waals surface area contributed by atoms with Gasteiger partial charge in [-0.05, 0) is 13.3 Å². The Bertz CT molecular complexity index is 327. The molecule has 1 heterocycles. The van der Waals surface area contributed by atoms with Crippen molar-refractivity contribution in [3.63, 3.8) is 0 Å². The zero-order valence-corrected chi connectivity index (χ0v) is 9.14. The molecule has 1 aromatic rings. The van der Waals surface area contributed by atoms with Crippen LogP contribution in [0.4, 0.5) is 5.82 Å². The zero-order chi connectivity index (χ0) is 11.8. The van der Waals surface area contributed by atoms with E-state index in [1.54, 1.807) is 0 Å². The maximum Gasteiger partial charge on any atom is 0.356 e. The molecule has 0 fully saturated rings. The zero-order valence-electron chi connectivity index (χ0n) is 9.14. The van der Waals surface area contributed by atoms with Gasteiger partial charge in [0.2, 0.25) is 0 Å². The molecule has 0 saturated carbocycles. The molecule has 0 atom stereocenters. The number of hydrogen-bond acceptors (Lipinski definition) is 5. The molecule has 0 spiro atoms. The minimum atomic E-state index is -1.07. The van der Waals surface area contributed by atoms with Gasteiger partial charge in [-0.2, -0.15) is 0 Å². The van der Waals surface area contributed by atoms with Crippen LogP contribution in [0, 0.1) is 0 Å². The summed E-state index contributed by atoms with van der Waals surface area (Å²) in [5, 5.41) is 11.6. The molecule has 16 heavy (non-hydrogen) atoms. The average Bonchev–Trinajstić information content (AvgIpc) is 2.29. The Balaban J connectivity index is 2.29. The highest BCUT2D eigenvalue weighted by Crippen LogP contribution is 2.00. The molecular formula is C10H15N3O3. The number of carbonyl (C=O) groups is 1. The maximum atomic E-state index is 10.5. The normalized spacial score (nSPS) is 10.1. The minimum Gasteiger partial charge on any atom is -0.476 e. The van der Waals surface area contributed by atoms with Crippen LogP contribution < -0.4 is 5.32 Å². The van der Waals surface area contributed by atoms with Gasteiger partial charge in [0, 0.05) is 19.8 Å². The number of carboxylic acid groups (broad SMARTS) is 1. The van der Waals surface area contributed by atoms with Gasteiger partial charge in [-0.25, -0.2) is 14.8 Å². The van der Waals surface area contributed by atoms with Crippen molar-refractivity contribution in [3.05, 3.63) is 18.1 Å². The fourth-order valence-corrected chi connectivity index (χ4v) is 1.06. The van der Waals surface area contributed by atoms with Crippen molar-refractivity contribution in [1.82, 2.24) is 9.97 Å². The second-order valence-electron chi connectivity index (χ2n) is 3.07. The smallest absolute Gasteiger partial charge is 0.356 e. The first-order valence-electron chi connectivity index (χ1n) is 5.11. The third-order valence-electron chi connectivity index (χ3n) is 1.85. The molecule has 0 amide bonds. The van der Waals surface area contributed by atoms with Crippen LogP contribution in [-0.4, -0.2) is 40.8 Å². The van der Waals surface area contributed by atoms with E-state index in [0.29, 0.717) is 19.0 Å². The summed E-state index contributed by atoms with van der Waals surface area (Å²) >= 11 is 0. The van der Waals surface area contributed by atoms with Crippen LogP contribution in [-0.2, 0) is 4.74 Å². The van der Waals surface area contributed by atoms with Gasteiger partial charge in [0.05, 0.1) is 12.4 Å². The topological polar surface area (TPSA) is 84.3 Å². The Labute approximate surface area is 93.7 Å². The molecule has 2 N–H and O–H groups in total. The van der Waals surface area contributed by atoms with Crippen molar-refractivity contribution in [2.75, 3.05) is 25.1 Å². The molecule has 0 saturated heterocycles. The predicted molar refractivity (Wildman–Crippen MR) is 58.6 cm³/mol. The number of aromatic nitrogens is 2. The van der Waals surface area contributed by atoms with Crippen LogP contribution in [0.15, 0.2) is 12.4 Å². The Hall–Kier alpha value is -1.69. The van der Waals surface area contributed by atoms with Crippen molar-refractivity contribution in [2.24, 2.45) is 0 Å². The van der Waals surface area contributed by atoms with Gasteiger partial charge < -0.3 is 15.2 Å². The van der Waals surface area contributed by atoms with Gasteiger partial charge in [0.25, 0.3) is 0 Å². The van der Waals surface area contributed by atoms with Crippen LogP contribution in [0.5, 0.6) is 0 Å². The fraction of sp³-hybridized carbons (Fsp3) is 0.500. The summed E-state index contributed by atoms with van der Waals surface area (Å²) in [6.45, 7) is 4.09. The fourth-order valence-electron chi connectivity index (χ4n) is 1.06. The lowest BCUT2D eigenvalue weighted by molar-refractivity contribution is 0.0690. The van der Waals surface area contributed by atoms with Gasteiger partial charge in [-0.1, -0.05) is 0 Å². The molecule has 1 rings (SSSR count). The van der Waals surface area contributed by atoms with Gasteiger partial charge in [-0.3, -0.25) is 0 Å². The maximum absolute atomic E-state index is 10.5. The quantitative estimate of drug-likeness (QED) is 0.674. The van der Waals surface area contributed by atoms with Gasteiger partial charge in [0.1, 0.15) is 5.82 Å². The van der Waals surface area contributed by atoms with Crippen LogP contribution in [0.2, 0.25) is 0 Å². The molecule has 88 valence electrons. The highest BCUT2D eigenvalue weighted by atomic mass is 16.5. The van der Waals surface area contributed by atoms with E-state index in [1.807, 2.05) is 6.92 Å². The van der Waals surface area contributed by atoms with Crippen molar-refractivity contribution < 1.29 is 14.6 Å². The van der Waals surface area contributed by atoms with Crippen LogP contribution in [0.25, 0.3) is 0 Å². The highest BCUT2D eigenvalue weighted by Gasteiger charge is 2.03. The molecule has 0 aliphatic carbocycles. The standard InChI is InChI=1S/C10H15N3O3/c1-2-16-5-3-4-11-9-7-12-8(6-13-9)10(14)15/h6-7H,2-5H2,1H3,(H,11,13)(H,14,15). The summed E-state index contributed by atoms with van der Waals surface area (Å²) in [5.41, 5.74) is -0.0557. The van der Waals surface area contributed by atoms with Crippen molar-refractivity contribution in [3.8, 4) is 0 Å². The molecule has 0 aromatic carbocycles. The van der Waals surface area contributed by atoms with Gasteiger partial charge in [-0.15, -0.1) is 0 Å². The lowest BCUT2D eigenvalue weighted by atomic mass is 10.4. The number of nitrogens with zero attached hydrogens (tertiary/aromatic N) is 2. The van der Waals surface area contributed by atoms with Gasteiger partial charge in [0.15, 0.2) is 5.69 Å². The van der Waals surface area contributed by atoms with Crippen molar-refractivity contribution in [2.45, 2.75) is 13.3 Å². The van der Waals surface area contributed by atoms with E-state index in [0.717, 1.165) is 13.0 Å². The number of hydrogen-bond donors (Lipinski definition) is 2. The lowest BCUT2D eigenvalue weighted by Crippen LogP contribution is -2.08. The summed E-state index contributed by atoms with van der Waals surface area (Å²) in [5.74, 6) is -0.503. The van der Waals surface area contributed by atoms with Crippen LogP contribution in [0.3, 0.4) is 0 Å². The number of rotatable bonds is 7. The third kappa shape index (κ3) is 4.22. The Morgan fingerprint density at radius 1 is 1.50 bits per heavy atom. The first kappa shape index (κ1) is 12.4. The summed E-state index contributed by atoms with van der Waals surface area (Å²) in [4.78, 5) is 18.2. The number of ether oxygens (including phenoxy) is 1. The lowest BCUT2D eigenvalue weighted by Gasteiger charge is -2.04. The van der Waals surface area contributed by atoms with Crippen molar-refractivity contribution in [1.29, 1.82) is 0 Å². The molecule has 0 radical (unpaired) electrons. The van der Waals surface area contributed by atoms with E-state index in [9.17, 15) is 4.79 Å². The highest BCUT2D eigenvalue weighted by molar-refractivity contribution is 5.84. The minimum absolute atomic E-state index is 0.0557. The van der Waals surface area contributed by atoms with E-state index in [4.69, 9.17) is 9.84 Å². The van der Waals surface area contributed by atoms with E-state index in [1.165, 1.54) is 12.4 Å². The van der Waals surface area contributed by atoms with E-state index in [-0.39, 0.29) is 5.69 Å². The van der Waals surface area contributed by atoms with Crippen LogP contribution in [0.1, 0.15) is 23.8 Å². The molecule has 6 nitrogen and oxygen atoms in total. The van der Waals surface area contributed by atoms with Crippen LogP contribution >= 0.6 is 0 Å². The monoisotopic (exact) mass is 225 g/mol. The summed E-state index contributed by atoms with van der Waals surface area (Å²) in [7, 11) is 0. The molecule has 0 unspecified atom stereocenters. The Morgan fingerprint density at radius 2 is 2.31 bits per heavy atom. The SMILES string of the molecule is CCOCCCNc1cnc(C(=O)O)cn1. The molecule has 1 aromatic heterocycles. The first-order chi connectivity index (χ1) is 7.74. The Morgan fingerprint density at radius 3 is 2.88 bits per heavy atom. The average molecular weight is 225 g/mol. The third-order valence-corrected chi connectivity index (χ3v) is 1.85. The molecule has 6 heteroatoms. The molecular weight excluding hydrogens is 210 g/mol. The van der Waals surface area contributed by atoms with Crippen molar-refractivity contribution >= 4 is 11.8 Å². The Kier molecular flexibility index (Phi) is 5.21. The van der Waals surface area contributed by atoms with Gasteiger partial charge >= 0.3 is 5.97 Å². The number of nitrogens with one attached hydrogen (secondary N) is 1. The molecule has 0 bridgehead atoms. The van der Waals surface area contributed by atoms with E-state index >= 15 is 0 Å².